The lowest BCUT2D eigenvalue weighted by molar-refractivity contribution is -0.190. The predicted molar refractivity (Wildman–Crippen MR) is 253 cm³/mol. The lowest BCUT2D eigenvalue weighted by atomic mass is 9.86. The second-order valence-electron chi connectivity index (χ2n) is 17.6. The van der Waals surface area contributed by atoms with Gasteiger partial charge in [0.25, 0.3) is 5.91 Å². The largest absolute Gasteiger partial charge is 0.461 e. The Balaban J connectivity index is 1.39. The van der Waals surface area contributed by atoms with E-state index >= 15 is 0 Å². The summed E-state index contributed by atoms with van der Waals surface area (Å²) in [6.45, 7) is 10.2. The average molecular weight is 875 g/mol. The highest BCUT2D eigenvalue weighted by Crippen LogP contribution is 2.34. The molecule has 0 radical (unpaired) electrons. The van der Waals surface area contributed by atoms with Crippen LogP contribution in [0, 0.1) is 18.8 Å². The molecule has 4 atom stereocenters. The number of anilines is 3. The first-order chi connectivity index (χ1) is 31.1. The standard InChI is InChI=1S/C52H70N6O6/c1-6-8-10-12-13-14-15-16-20-26-42(35-47-43(49(60)64-47)27-21-11-9-7-2)63-50(61)45(33-37(3)4)57-52(62)58(51-54-32-30-44(56-51)40-25-22-31-53-36-40)46-34-41(29-28-38(46)5)55-48(59)39-23-18-17-19-24-39/h17-19,22-25,28-32,34,36-37,42-43,45,47H,6-16,20-21,26-27,33,35H2,1-5H3,(H,55,59)(H,57,62)/t42?,43-,45?,47-/m0/s1. The number of benzene rings is 2. The maximum absolute atomic E-state index is 14.9. The van der Waals surface area contributed by atoms with Gasteiger partial charge in [0.1, 0.15) is 18.2 Å². The van der Waals surface area contributed by atoms with Crippen LogP contribution in [-0.2, 0) is 19.1 Å². The second-order valence-corrected chi connectivity index (χ2v) is 17.6. The van der Waals surface area contributed by atoms with E-state index in [1.165, 1.54) is 43.4 Å². The Morgan fingerprint density at radius 1 is 0.828 bits per heavy atom. The summed E-state index contributed by atoms with van der Waals surface area (Å²) in [5.41, 5.74) is 3.31. The molecule has 1 fully saturated rings. The quantitative estimate of drug-likeness (QED) is 0.0440. The van der Waals surface area contributed by atoms with Gasteiger partial charge < -0.3 is 20.1 Å². The van der Waals surface area contributed by atoms with E-state index in [2.05, 4.69) is 34.4 Å². The number of carbonyl (C=O) groups excluding carboxylic acids is 4. The Morgan fingerprint density at radius 2 is 1.53 bits per heavy atom. The maximum atomic E-state index is 14.9. The predicted octanol–water partition coefficient (Wildman–Crippen LogP) is 12.1. The van der Waals surface area contributed by atoms with Crippen LogP contribution in [0.3, 0.4) is 0 Å². The molecule has 12 heteroatoms. The van der Waals surface area contributed by atoms with Gasteiger partial charge in [-0.25, -0.2) is 24.5 Å². The molecule has 1 aliphatic heterocycles. The van der Waals surface area contributed by atoms with Gasteiger partial charge >= 0.3 is 18.0 Å². The van der Waals surface area contributed by atoms with Crippen molar-refractivity contribution in [2.45, 2.75) is 162 Å². The Kier molecular flexibility index (Phi) is 20.2. The Bertz CT molecular complexity index is 2060. The number of amides is 3. The molecule has 2 unspecified atom stereocenters. The summed E-state index contributed by atoms with van der Waals surface area (Å²) in [7, 11) is 0. The number of esters is 2. The number of nitrogens with one attached hydrogen (secondary N) is 2. The van der Waals surface area contributed by atoms with Gasteiger partial charge in [-0.15, -0.1) is 0 Å². The molecule has 0 bridgehead atoms. The van der Waals surface area contributed by atoms with Crippen molar-refractivity contribution in [3.05, 3.63) is 96.4 Å². The number of hydrogen-bond acceptors (Lipinski definition) is 9. The summed E-state index contributed by atoms with van der Waals surface area (Å²) in [5, 5.41) is 5.96. The van der Waals surface area contributed by atoms with Crippen LogP contribution in [-0.4, -0.2) is 57.1 Å². The molecular weight excluding hydrogens is 805 g/mol. The Morgan fingerprint density at radius 3 is 2.20 bits per heavy atom. The molecule has 0 spiro atoms. The van der Waals surface area contributed by atoms with Crippen molar-refractivity contribution in [3.63, 3.8) is 0 Å². The Hall–Kier alpha value is -5.65. The lowest BCUT2D eigenvalue weighted by Crippen LogP contribution is -2.50. The van der Waals surface area contributed by atoms with Gasteiger partial charge in [0.2, 0.25) is 5.95 Å². The minimum absolute atomic E-state index is 0.0191. The molecule has 12 nitrogen and oxygen atoms in total. The molecule has 3 heterocycles. The maximum Gasteiger partial charge on any atom is 0.329 e. The fraction of sp³-hybridized carbons (Fsp3) is 0.519. The monoisotopic (exact) mass is 875 g/mol. The van der Waals surface area contributed by atoms with Crippen molar-refractivity contribution in [1.82, 2.24) is 20.3 Å². The molecule has 344 valence electrons. The van der Waals surface area contributed by atoms with Crippen LogP contribution in [0.25, 0.3) is 11.3 Å². The van der Waals surface area contributed by atoms with E-state index in [1.807, 2.05) is 39.0 Å². The third-order valence-electron chi connectivity index (χ3n) is 11.8. The van der Waals surface area contributed by atoms with Gasteiger partial charge in [-0.1, -0.05) is 129 Å². The van der Waals surface area contributed by atoms with E-state index in [-0.39, 0.29) is 35.8 Å². The number of nitrogens with zero attached hydrogens (tertiary/aromatic N) is 4. The first kappa shape index (κ1) is 49.4. The number of carbonyl (C=O) groups is 4. The lowest BCUT2D eigenvalue weighted by Gasteiger charge is -2.37. The number of cyclic esters (lactones) is 1. The molecule has 1 saturated heterocycles. The number of aryl methyl sites for hydroxylation is 1. The number of aromatic nitrogens is 3. The van der Waals surface area contributed by atoms with E-state index in [1.54, 1.807) is 67.1 Å². The van der Waals surface area contributed by atoms with Gasteiger partial charge in [-0.3, -0.25) is 14.6 Å². The van der Waals surface area contributed by atoms with Crippen LogP contribution in [0.1, 0.15) is 153 Å². The van der Waals surface area contributed by atoms with E-state index in [0.717, 1.165) is 56.9 Å². The van der Waals surface area contributed by atoms with Gasteiger partial charge in [-0.2, -0.15) is 0 Å². The second kappa shape index (κ2) is 26.2. The SMILES string of the molecule is CCCCCCCCCCCC(C[C@@H]1OC(=O)[C@H]1CCCCCC)OC(=O)C(CC(C)C)NC(=O)N(c1nccc(-c2cccnc2)n1)c1cc(NC(=O)c2ccccc2)ccc1C. The molecule has 2 N–H and O–H groups in total. The van der Waals surface area contributed by atoms with Crippen molar-refractivity contribution in [2.24, 2.45) is 11.8 Å². The zero-order chi connectivity index (χ0) is 45.7. The average Bonchev–Trinajstić information content (AvgIpc) is 3.29. The minimum atomic E-state index is -1.02. The number of hydrogen-bond donors (Lipinski definition) is 2. The van der Waals surface area contributed by atoms with Gasteiger partial charge in [0.15, 0.2) is 0 Å². The third-order valence-corrected chi connectivity index (χ3v) is 11.8. The topological polar surface area (TPSA) is 153 Å². The Labute approximate surface area is 380 Å². The summed E-state index contributed by atoms with van der Waals surface area (Å²) in [5.74, 6) is -1.14. The summed E-state index contributed by atoms with van der Waals surface area (Å²) in [6, 6.07) is 17.9. The van der Waals surface area contributed by atoms with Crippen molar-refractivity contribution < 1.29 is 28.7 Å². The van der Waals surface area contributed by atoms with E-state index in [0.29, 0.717) is 47.5 Å². The summed E-state index contributed by atoms with van der Waals surface area (Å²) < 4.78 is 12.1. The van der Waals surface area contributed by atoms with Gasteiger partial charge in [0, 0.05) is 41.8 Å². The highest BCUT2D eigenvalue weighted by Gasteiger charge is 2.43. The smallest absolute Gasteiger partial charge is 0.329 e. The minimum Gasteiger partial charge on any atom is -0.461 e. The highest BCUT2D eigenvalue weighted by atomic mass is 16.6. The number of rotatable bonds is 27. The number of ether oxygens (including phenoxy) is 2. The molecule has 4 aromatic rings. The fourth-order valence-electron chi connectivity index (χ4n) is 8.18. The molecule has 5 rings (SSSR count). The van der Waals surface area contributed by atoms with Crippen LogP contribution in [0.5, 0.6) is 0 Å². The number of unbranched alkanes of at least 4 members (excludes halogenated alkanes) is 11. The normalized spacial score (nSPS) is 15.4. The number of pyridine rings is 1. The summed E-state index contributed by atoms with van der Waals surface area (Å²) >= 11 is 0. The van der Waals surface area contributed by atoms with E-state index in [9.17, 15) is 19.2 Å². The zero-order valence-electron chi connectivity index (χ0n) is 38.7. The van der Waals surface area contributed by atoms with E-state index < -0.39 is 24.1 Å². The summed E-state index contributed by atoms with van der Waals surface area (Å²) in [6.07, 6.45) is 21.1. The van der Waals surface area contributed by atoms with Crippen LogP contribution >= 0.6 is 0 Å². The molecule has 1 aliphatic rings. The number of urea groups is 1. The van der Waals surface area contributed by atoms with Crippen LogP contribution in [0.4, 0.5) is 22.1 Å². The van der Waals surface area contributed by atoms with Crippen molar-refractivity contribution in [1.29, 1.82) is 0 Å². The van der Waals surface area contributed by atoms with Crippen molar-refractivity contribution in [2.75, 3.05) is 10.2 Å². The van der Waals surface area contributed by atoms with Gasteiger partial charge in [-0.05, 0) is 86.6 Å². The molecule has 0 saturated carbocycles. The highest BCUT2D eigenvalue weighted by molar-refractivity contribution is 6.05. The molecule has 2 aromatic carbocycles. The molecule has 2 aromatic heterocycles. The van der Waals surface area contributed by atoms with Crippen molar-refractivity contribution >= 4 is 41.2 Å². The fourth-order valence-corrected chi connectivity index (χ4v) is 8.18. The molecule has 3 amide bonds. The zero-order valence-corrected chi connectivity index (χ0v) is 38.7. The first-order valence-electron chi connectivity index (χ1n) is 23.8. The summed E-state index contributed by atoms with van der Waals surface area (Å²) in [4.78, 5) is 70.1. The van der Waals surface area contributed by atoms with E-state index in [4.69, 9.17) is 14.5 Å². The first-order valence-corrected chi connectivity index (χ1v) is 23.8. The van der Waals surface area contributed by atoms with Crippen LogP contribution in [0.2, 0.25) is 0 Å². The van der Waals surface area contributed by atoms with Crippen LogP contribution < -0.4 is 15.5 Å². The third kappa shape index (κ3) is 15.3. The van der Waals surface area contributed by atoms with Crippen molar-refractivity contribution in [3.8, 4) is 11.3 Å². The molecule has 0 aliphatic carbocycles. The van der Waals surface area contributed by atoms with Crippen LogP contribution in [0.15, 0.2) is 85.3 Å². The molecule has 64 heavy (non-hydrogen) atoms. The van der Waals surface area contributed by atoms with Gasteiger partial charge in [0.05, 0.1) is 17.3 Å². The molecular formula is C52H70N6O6.